The molecule has 3 nitrogen and oxygen atoms in total. The molecule has 1 N–H and O–H groups in total. The van der Waals surface area contributed by atoms with E-state index < -0.39 is 0 Å². The van der Waals surface area contributed by atoms with Crippen molar-refractivity contribution in [3.05, 3.63) is 41.4 Å². The van der Waals surface area contributed by atoms with E-state index in [9.17, 15) is 0 Å². The van der Waals surface area contributed by atoms with Gasteiger partial charge in [0.25, 0.3) is 0 Å². The molecule has 1 saturated heterocycles. The van der Waals surface area contributed by atoms with Crippen LogP contribution in [0.4, 0.5) is 0 Å². The van der Waals surface area contributed by atoms with E-state index in [4.69, 9.17) is 21.1 Å². The normalized spacial score (nSPS) is 21.8. The summed E-state index contributed by atoms with van der Waals surface area (Å²) in [5.41, 5.74) is 0. The Kier molecular flexibility index (Phi) is 4.63. The van der Waals surface area contributed by atoms with Gasteiger partial charge in [0.15, 0.2) is 0 Å². The number of halogens is 1. The number of hydrogen-bond acceptors (Lipinski definition) is 3. The Bertz CT molecular complexity index is 617. The highest BCUT2D eigenvalue weighted by atomic mass is 35.5. The molecule has 21 heavy (non-hydrogen) atoms. The Hall–Kier alpha value is -1.29. The molecule has 0 bridgehead atoms. The lowest BCUT2D eigenvalue weighted by atomic mass is 10.1. The molecule has 0 radical (unpaired) electrons. The summed E-state index contributed by atoms with van der Waals surface area (Å²) in [6.45, 7) is 1.49. The Balaban J connectivity index is 1.68. The lowest BCUT2D eigenvalue weighted by Crippen LogP contribution is -2.25. The van der Waals surface area contributed by atoms with Crippen molar-refractivity contribution in [2.75, 3.05) is 20.2 Å². The Morgan fingerprint density at radius 2 is 1.90 bits per heavy atom. The van der Waals surface area contributed by atoms with Crippen LogP contribution in [0, 0.1) is 0 Å². The quantitative estimate of drug-likeness (QED) is 0.915. The molecule has 2 aromatic carbocycles. The average Bonchev–Trinajstić information content (AvgIpc) is 2.95. The van der Waals surface area contributed by atoms with Crippen LogP contribution in [0.1, 0.15) is 12.8 Å². The third kappa shape index (κ3) is 3.31. The van der Waals surface area contributed by atoms with E-state index in [1.807, 2.05) is 43.4 Å². The van der Waals surface area contributed by atoms with Gasteiger partial charge in [-0.2, -0.15) is 0 Å². The molecule has 2 unspecified atom stereocenters. The number of hydrogen-bond donors (Lipinski definition) is 1. The first-order chi connectivity index (χ1) is 10.3. The van der Waals surface area contributed by atoms with E-state index in [-0.39, 0.29) is 6.10 Å². The second-order valence-electron chi connectivity index (χ2n) is 5.42. The maximum absolute atomic E-state index is 6.22. The van der Waals surface area contributed by atoms with E-state index in [1.54, 1.807) is 0 Å². The molecule has 3 rings (SSSR count). The molecule has 4 heteroatoms. The van der Waals surface area contributed by atoms with Crippen molar-refractivity contribution >= 4 is 22.4 Å². The largest absolute Gasteiger partial charge is 0.490 e. The van der Waals surface area contributed by atoms with E-state index in [0.717, 1.165) is 40.9 Å². The van der Waals surface area contributed by atoms with Crippen LogP contribution >= 0.6 is 11.6 Å². The van der Waals surface area contributed by atoms with Crippen molar-refractivity contribution in [2.24, 2.45) is 0 Å². The molecule has 0 amide bonds. The monoisotopic (exact) mass is 305 g/mol. The van der Waals surface area contributed by atoms with Crippen molar-refractivity contribution in [3.63, 3.8) is 0 Å². The van der Waals surface area contributed by atoms with Gasteiger partial charge in [0, 0.05) is 22.3 Å². The molecule has 1 aliphatic heterocycles. The highest BCUT2D eigenvalue weighted by Gasteiger charge is 2.25. The van der Waals surface area contributed by atoms with Crippen LogP contribution in [0.25, 0.3) is 10.8 Å². The van der Waals surface area contributed by atoms with E-state index in [1.165, 1.54) is 0 Å². The molecule has 1 fully saturated rings. The van der Waals surface area contributed by atoms with Gasteiger partial charge in [0.1, 0.15) is 12.4 Å². The van der Waals surface area contributed by atoms with Crippen molar-refractivity contribution in [3.8, 4) is 5.75 Å². The summed E-state index contributed by atoms with van der Waals surface area (Å²) in [6.07, 6.45) is 2.64. The number of benzene rings is 2. The third-order valence-corrected chi connectivity index (χ3v) is 4.21. The molecular weight excluding hydrogens is 286 g/mol. The summed E-state index contributed by atoms with van der Waals surface area (Å²) >= 11 is 6.22. The first-order valence-corrected chi connectivity index (χ1v) is 7.76. The van der Waals surface area contributed by atoms with Gasteiger partial charge in [-0.1, -0.05) is 35.9 Å². The van der Waals surface area contributed by atoms with Crippen molar-refractivity contribution in [1.29, 1.82) is 0 Å². The standard InChI is InChI=1S/C17H20ClNO2/c1-19-10-12-6-7-13(21-12)11-20-17-9-8-16(18)14-4-2-3-5-15(14)17/h2-5,8-9,12-13,19H,6-7,10-11H2,1H3. The molecule has 2 aromatic rings. The predicted molar refractivity (Wildman–Crippen MR) is 86.3 cm³/mol. The first-order valence-electron chi connectivity index (χ1n) is 7.38. The minimum Gasteiger partial charge on any atom is -0.490 e. The molecule has 0 saturated carbocycles. The summed E-state index contributed by atoms with van der Waals surface area (Å²) in [4.78, 5) is 0. The zero-order chi connectivity index (χ0) is 14.7. The maximum Gasteiger partial charge on any atom is 0.127 e. The van der Waals surface area contributed by atoms with Crippen LogP contribution in [-0.4, -0.2) is 32.4 Å². The van der Waals surface area contributed by atoms with Gasteiger partial charge in [-0.05, 0) is 32.0 Å². The molecule has 0 spiro atoms. The van der Waals surface area contributed by atoms with Crippen LogP contribution in [0.3, 0.4) is 0 Å². The van der Waals surface area contributed by atoms with Crippen LogP contribution < -0.4 is 10.1 Å². The molecule has 2 atom stereocenters. The smallest absolute Gasteiger partial charge is 0.127 e. The summed E-state index contributed by atoms with van der Waals surface area (Å²) < 4.78 is 11.9. The lowest BCUT2D eigenvalue weighted by Gasteiger charge is -2.15. The SMILES string of the molecule is CNCC1CCC(COc2ccc(Cl)c3ccccc23)O1. The van der Waals surface area contributed by atoms with Gasteiger partial charge in [0.05, 0.1) is 12.2 Å². The Morgan fingerprint density at radius 1 is 1.14 bits per heavy atom. The molecular formula is C17H20ClNO2. The number of nitrogens with one attached hydrogen (secondary N) is 1. The molecule has 112 valence electrons. The summed E-state index contributed by atoms with van der Waals surface area (Å²) in [5, 5.41) is 5.98. The highest BCUT2D eigenvalue weighted by Crippen LogP contribution is 2.31. The minimum absolute atomic E-state index is 0.179. The highest BCUT2D eigenvalue weighted by molar-refractivity contribution is 6.35. The van der Waals surface area contributed by atoms with Crippen molar-refractivity contribution < 1.29 is 9.47 Å². The van der Waals surface area contributed by atoms with E-state index in [2.05, 4.69) is 5.32 Å². The Labute approximate surface area is 130 Å². The molecule has 0 aliphatic carbocycles. The average molecular weight is 306 g/mol. The summed E-state index contributed by atoms with van der Waals surface area (Å²) in [6, 6.07) is 11.9. The number of rotatable bonds is 5. The fourth-order valence-electron chi connectivity index (χ4n) is 2.82. The van der Waals surface area contributed by atoms with Gasteiger partial charge in [-0.3, -0.25) is 0 Å². The lowest BCUT2D eigenvalue weighted by molar-refractivity contribution is 0.0197. The van der Waals surface area contributed by atoms with Crippen LogP contribution in [-0.2, 0) is 4.74 Å². The zero-order valence-electron chi connectivity index (χ0n) is 12.1. The van der Waals surface area contributed by atoms with Gasteiger partial charge in [-0.15, -0.1) is 0 Å². The van der Waals surface area contributed by atoms with E-state index in [0.29, 0.717) is 12.7 Å². The summed E-state index contributed by atoms with van der Waals surface area (Å²) in [5.74, 6) is 0.871. The predicted octanol–water partition coefficient (Wildman–Crippen LogP) is 3.64. The maximum atomic E-state index is 6.22. The first kappa shape index (κ1) is 14.6. The van der Waals surface area contributed by atoms with Crippen LogP contribution in [0.15, 0.2) is 36.4 Å². The van der Waals surface area contributed by atoms with Gasteiger partial charge >= 0.3 is 0 Å². The summed E-state index contributed by atoms with van der Waals surface area (Å²) in [7, 11) is 1.95. The van der Waals surface area contributed by atoms with Gasteiger partial charge in [-0.25, -0.2) is 0 Å². The fraction of sp³-hybridized carbons (Fsp3) is 0.412. The third-order valence-electron chi connectivity index (χ3n) is 3.88. The number of fused-ring (bicyclic) bond motifs is 1. The Morgan fingerprint density at radius 3 is 2.71 bits per heavy atom. The molecule has 1 aliphatic rings. The molecule has 1 heterocycles. The topological polar surface area (TPSA) is 30.5 Å². The van der Waals surface area contributed by atoms with Gasteiger partial charge in [0.2, 0.25) is 0 Å². The van der Waals surface area contributed by atoms with Crippen molar-refractivity contribution in [1.82, 2.24) is 5.32 Å². The number of ether oxygens (including phenoxy) is 2. The number of likely N-dealkylation sites (N-methyl/N-ethyl adjacent to an activating group) is 1. The van der Waals surface area contributed by atoms with Gasteiger partial charge < -0.3 is 14.8 Å². The van der Waals surface area contributed by atoms with E-state index >= 15 is 0 Å². The minimum atomic E-state index is 0.179. The molecule has 0 aromatic heterocycles. The van der Waals surface area contributed by atoms with Crippen LogP contribution in [0.2, 0.25) is 5.02 Å². The second-order valence-corrected chi connectivity index (χ2v) is 5.82. The zero-order valence-corrected chi connectivity index (χ0v) is 12.9. The van der Waals surface area contributed by atoms with Crippen LogP contribution in [0.5, 0.6) is 5.75 Å². The van der Waals surface area contributed by atoms with Crippen molar-refractivity contribution in [2.45, 2.75) is 25.0 Å². The second kappa shape index (κ2) is 6.65. The fourth-order valence-corrected chi connectivity index (χ4v) is 3.05.